The van der Waals surface area contributed by atoms with Gasteiger partial charge in [0, 0.05) is 24.7 Å². The zero-order valence-electron chi connectivity index (χ0n) is 12.4. The minimum Gasteiger partial charge on any atom is -0.317 e. The molecule has 2 fully saturated rings. The average Bonchev–Trinajstić information content (AvgIpc) is 2.87. The Morgan fingerprint density at radius 3 is 2.80 bits per heavy atom. The number of halogens is 1. The Bertz CT molecular complexity index is 400. The second-order valence-corrected chi connectivity index (χ2v) is 6.27. The first kappa shape index (κ1) is 15.8. The SMILES string of the molecule is Cc1cc(C2CCCN(CC3CCNCC3)C2)n[nH]1.Cl. The van der Waals surface area contributed by atoms with Crippen LogP contribution in [0.5, 0.6) is 0 Å². The van der Waals surface area contributed by atoms with Gasteiger partial charge in [-0.05, 0) is 64.2 Å². The third-order valence-corrected chi connectivity index (χ3v) is 4.62. The number of aromatic nitrogens is 2. The van der Waals surface area contributed by atoms with Gasteiger partial charge >= 0.3 is 0 Å². The van der Waals surface area contributed by atoms with Crippen molar-refractivity contribution in [3.8, 4) is 0 Å². The number of aryl methyl sites for hydroxylation is 1. The van der Waals surface area contributed by atoms with Gasteiger partial charge in [-0.15, -0.1) is 12.4 Å². The molecular weight excluding hydrogens is 272 g/mol. The molecule has 0 amide bonds. The van der Waals surface area contributed by atoms with E-state index >= 15 is 0 Å². The summed E-state index contributed by atoms with van der Waals surface area (Å²) in [5, 5.41) is 11.0. The third kappa shape index (κ3) is 3.96. The van der Waals surface area contributed by atoms with E-state index in [1.165, 1.54) is 69.8 Å². The molecule has 2 saturated heterocycles. The summed E-state index contributed by atoms with van der Waals surface area (Å²) < 4.78 is 0. The van der Waals surface area contributed by atoms with Gasteiger partial charge in [0.15, 0.2) is 0 Å². The Kier molecular flexibility index (Phi) is 5.87. The van der Waals surface area contributed by atoms with Crippen molar-refractivity contribution >= 4 is 12.4 Å². The standard InChI is InChI=1S/C15H26N4.ClH/c1-12-9-15(18-17-12)14-3-2-8-19(11-14)10-13-4-6-16-7-5-13;/h9,13-14,16H,2-8,10-11H2,1H3,(H,17,18);1H. The van der Waals surface area contributed by atoms with E-state index in [2.05, 4.69) is 33.4 Å². The molecule has 0 aromatic carbocycles. The van der Waals surface area contributed by atoms with Crippen LogP contribution in [-0.2, 0) is 0 Å². The van der Waals surface area contributed by atoms with Crippen molar-refractivity contribution in [1.82, 2.24) is 20.4 Å². The molecule has 1 atom stereocenters. The molecule has 3 rings (SSSR count). The number of nitrogens with zero attached hydrogens (tertiary/aromatic N) is 2. The summed E-state index contributed by atoms with van der Waals surface area (Å²) in [6, 6.07) is 2.22. The van der Waals surface area contributed by atoms with Gasteiger partial charge in [-0.3, -0.25) is 5.10 Å². The van der Waals surface area contributed by atoms with Crippen LogP contribution in [0.3, 0.4) is 0 Å². The Balaban J connectivity index is 0.00000147. The van der Waals surface area contributed by atoms with Gasteiger partial charge in [0.05, 0.1) is 5.69 Å². The minimum absolute atomic E-state index is 0. The number of hydrogen-bond acceptors (Lipinski definition) is 3. The molecule has 2 aliphatic heterocycles. The minimum atomic E-state index is 0. The number of likely N-dealkylation sites (tertiary alicyclic amines) is 1. The van der Waals surface area contributed by atoms with Crippen LogP contribution in [0.4, 0.5) is 0 Å². The highest BCUT2D eigenvalue weighted by molar-refractivity contribution is 5.85. The average molecular weight is 299 g/mol. The van der Waals surface area contributed by atoms with Crippen molar-refractivity contribution in [2.45, 2.75) is 38.5 Å². The third-order valence-electron chi connectivity index (χ3n) is 4.62. The van der Waals surface area contributed by atoms with Crippen molar-refractivity contribution in [3.63, 3.8) is 0 Å². The van der Waals surface area contributed by atoms with Crippen LogP contribution in [0.25, 0.3) is 0 Å². The summed E-state index contributed by atoms with van der Waals surface area (Å²) in [6.45, 7) is 8.28. The van der Waals surface area contributed by atoms with Crippen LogP contribution in [-0.4, -0.2) is 47.8 Å². The Morgan fingerprint density at radius 2 is 2.10 bits per heavy atom. The fourth-order valence-electron chi connectivity index (χ4n) is 3.54. The first-order valence-electron chi connectivity index (χ1n) is 7.76. The maximum atomic E-state index is 4.46. The van der Waals surface area contributed by atoms with E-state index < -0.39 is 0 Å². The summed E-state index contributed by atoms with van der Waals surface area (Å²) in [6.07, 6.45) is 5.32. The van der Waals surface area contributed by atoms with Gasteiger partial charge in [-0.2, -0.15) is 5.10 Å². The predicted octanol–water partition coefficient (Wildman–Crippen LogP) is 2.32. The highest BCUT2D eigenvalue weighted by atomic mass is 35.5. The van der Waals surface area contributed by atoms with Gasteiger partial charge in [0.1, 0.15) is 0 Å². The van der Waals surface area contributed by atoms with Crippen molar-refractivity contribution in [1.29, 1.82) is 0 Å². The Morgan fingerprint density at radius 1 is 1.30 bits per heavy atom. The van der Waals surface area contributed by atoms with Crippen molar-refractivity contribution in [3.05, 3.63) is 17.5 Å². The quantitative estimate of drug-likeness (QED) is 0.900. The van der Waals surface area contributed by atoms with Crippen LogP contribution in [0.15, 0.2) is 6.07 Å². The van der Waals surface area contributed by atoms with Crippen molar-refractivity contribution < 1.29 is 0 Å². The predicted molar refractivity (Wildman–Crippen MR) is 84.6 cm³/mol. The van der Waals surface area contributed by atoms with Gasteiger partial charge in [0.25, 0.3) is 0 Å². The van der Waals surface area contributed by atoms with Crippen LogP contribution in [0.1, 0.15) is 43.0 Å². The summed E-state index contributed by atoms with van der Waals surface area (Å²) >= 11 is 0. The van der Waals surface area contributed by atoms with E-state index in [0.717, 1.165) is 5.92 Å². The molecule has 4 nitrogen and oxygen atoms in total. The lowest BCUT2D eigenvalue weighted by Gasteiger charge is -2.35. The van der Waals surface area contributed by atoms with E-state index in [0.29, 0.717) is 5.92 Å². The number of piperidine rings is 2. The summed E-state index contributed by atoms with van der Waals surface area (Å²) in [5.74, 6) is 1.54. The molecular formula is C15H27ClN4. The van der Waals surface area contributed by atoms with Crippen LogP contribution >= 0.6 is 12.4 Å². The van der Waals surface area contributed by atoms with Gasteiger partial charge in [0.2, 0.25) is 0 Å². The van der Waals surface area contributed by atoms with Crippen LogP contribution in [0.2, 0.25) is 0 Å². The van der Waals surface area contributed by atoms with Gasteiger partial charge < -0.3 is 10.2 Å². The number of H-pyrrole nitrogens is 1. The zero-order valence-corrected chi connectivity index (χ0v) is 13.2. The topological polar surface area (TPSA) is 44.0 Å². The summed E-state index contributed by atoms with van der Waals surface area (Å²) in [4.78, 5) is 2.67. The molecule has 1 aromatic rings. The molecule has 0 saturated carbocycles. The first-order chi connectivity index (χ1) is 9.31. The maximum Gasteiger partial charge on any atom is 0.0668 e. The normalized spacial score (nSPS) is 25.4. The molecule has 1 unspecified atom stereocenters. The molecule has 20 heavy (non-hydrogen) atoms. The molecule has 3 heterocycles. The lowest BCUT2D eigenvalue weighted by atomic mass is 9.92. The molecule has 114 valence electrons. The number of nitrogens with one attached hydrogen (secondary N) is 2. The highest BCUT2D eigenvalue weighted by Gasteiger charge is 2.25. The Hall–Kier alpha value is -0.580. The molecule has 5 heteroatoms. The van der Waals surface area contributed by atoms with Crippen LogP contribution in [0, 0.1) is 12.8 Å². The number of hydrogen-bond donors (Lipinski definition) is 2. The molecule has 0 spiro atoms. The second-order valence-electron chi connectivity index (χ2n) is 6.27. The Labute approximate surface area is 128 Å². The largest absolute Gasteiger partial charge is 0.317 e. The van der Waals surface area contributed by atoms with E-state index in [-0.39, 0.29) is 12.4 Å². The van der Waals surface area contributed by atoms with E-state index in [1.54, 1.807) is 0 Å². The first-order valence-corrected chi connectivity index (χ1v) is 7.76. The fraction of sp³-hybridized carbons (Fsp3) is 0.800. The summed E-state index contributed by atoms with van der Waals surface area (Å²) in [5.41, 5.74) is 2.46. The fourth-order valence-corrected chi connectivity index (χ4v) is 3.54. The van der Waals surface area contributed by atoms with Crippen molar-refractivity contribution in [2.75, 3.05) is 32.7 Å². The lowest BCUT2D eigenvalue weighted by molar-refractivity contribution is 0.162. The van der Waals surface area contributed by atoms with E-state index in [1.807, 2.05) is 0 Å². The van der Waals surface area contributed by atoms with E-state index in [4.69, 9.17) is 0 Å². The van der Waals surface area contributed by atoms with Crippen molar-refractivity contribution in [2.24, 2.45) is 5.92 Å². The molecule has 0 radical (unpaired) electrons. The van der Waals surface area contributed by atoms with Gasteiger partial charge in [-0.25, -0.2) is 0 Å². The molecule has 0 aliphatic carbocycles. The van der Waals surface area contributed by atoms with E-state index in [9.17, 15) is 0 Å². The molecule has 1 aromatic heterocycles. The highest BCUT2D eigenvalue weighted by Crippen LogP contribution is 2.27. The number of aromatic amines is 1. The molecule has 2 aliphatic rings. The lowest BCUT2D eigenvalue weighted by Crippen LogP contribution is -2.40. The number of rotatable bonds is 3. The zero-order chi connectivity index (χ0) is 13.1. The monoisotopic (exact) mass is 298 g/mol. The van der Waals surface area contributed by atoms with Crippen LogP contribution < -0.4 is 5.32 Å². The maximum absolute atomic E-state index is 4.46. The second kappa shape index (κ2) is 7.43. The summed E-state index contributed by atoms with van der Waals surface area (Å²) in [7, 11) is 0. The van der Waals surface area contributed by atoms with Gasteiger partial charge in [-0.1, -0.05) is 0 Å². The molecule has 2 N–H and O–H groups in total. The smallest absolute Gasteiger partial charge is 0.0668 e. The molecule has 0 bridgehead atoms.